The molecular weight excluding hydrogens is 342 g/mol. The number of carbonyl (C=O) groups is 2. The van der Waals surface area contributed by atoms with Crippen LogP contribution in [0.25, 0.3) is 0 Å². The van der Waals surface area contributed by atoms with Crippen molar-refractivity contribution in [2.45, 2.75) is 32.7 Å². The van der Waals surface area contributed by atoms with Crippen LogP contribution in [0.4, 0.5) is 0 Å². The Morgan fingerprint density at radius 3 is 2.72 bits per heavy atom. The third-order valence-electron chi connectivity index (χ3n) is 4.32. The molecule has 0 radical (unpaired) electrons. The molecule has 0 bridgehead atoms. The maximum atomic E-state index is 12.6. The second-order valence-electron chi connectivity index (χ2n) is 6.84. The average Bonchev–Trinajstić information content (AvgIpc) is 2.93. The molecule has 0 saturated carbocycles. The van der Waals surface area contributed by atoms with Crippen LogP contribution in [0.5, 0.6) is 0 Å². The summed E-state index contributed by atoms with van der Waals surface area (Å²) in [4.78, 5) is 30.2. The number of hydrogen-bond acceptors (Lipinski definition) is 5. The lowest BCUT2D eigenvalue weighted by Crippen LogP contribution is -2.38. The fraction of sp³-hybridized carbons (Fsp3) is 0.588. The van der Waals surface area contributed by atoms with E-state index in [-0.39, 0.29) is 35.1 Å². The van der Waals surface area contributed by atoms with Crippen LogP contribution >= 0.6 is 0 Å². The summed E-state index contributed by atoms with van der Waals surface area (Å²) in [6.45, 7) is 4.70. The molecular formula is C17H25N3O4S. The van der Waals surface area contributed by atoms with Crippen LogP contribution in [-0.2, 0) is 9.84 Å². The van der Waals surface area contributed by atoms with Crippen LogP contribution in [0, 0.1) is 5.92 Å². The van der Waals surface area contributed by atoms with Gasteiger partial charge in [0.2, 0.25) is 0 Å². The summed E-state index contributed by atoms with van der Waals surface area (Å²) >= 11 is 0. The Balaban J connectivity index is 2.04. The molecule has 1 unspecified atom stereocenters. The maximum Gasteiger partial charge on any atom is 0.269 e. The third-order valence-corrected chi connectivity index (χ3v) is 6.07. The van der Waals surface area contributed by atoms with E-state index in [1.807, 2.05) is 0 Å². The standard InChI is InChI=1S/C17H25N3O4S/c1-12(2)4-7-19-16(21)15-10-13(5-8-18-15)17(22)20(3)14-6-9-25(23,24)11-14/h5,8,10,12,14H,4,6-7,9,11H2,1-3H3,(H,19,21). The molecule has 1 N–H and O–H groups in total. The number of pyridine rings is 1. The van der Waals surface area contributed by atoms with Crippen molar-refractivity contribution in [3.63, 3.8) is 0 Å². The van der Waals surface area contributed by atoms with Crippen molar-refractivity contribution >= 4 is 21.7 Å². The highest BCUT2D eigenvalue weighted by atomic mass is 32.2. The summed E-state index contributed by atoms with van der Waals surface area (Å²) in [5, 5.41) is 2.79. The molecule has 1 fully saturated rings. The molecule has 1 aromatic rings. The first-order valence-electron chi connectivity index (χ1n) is 8.41. The SMILES string of the molecule is CC(C)CCNC(=O)c1cc(C(=O)N(C)C2CCS(=O)(=O)C2)ccn1. The molecule has 2 rings (SSSR count). The topological polar surface area (TPSA) is 96.4 Å². The van der Waals surface area contributed by atoms with Gasteiger partial charge >= 0.3 is 0 Å². The number of aromatic nitrogens is 1. The van der Waals surface area contributed by atoms with Gasteiger partial charge in [-0.05, 0) is 30.9 Å². The quantitative estimate of drug-likeness (QED) is 0.813. The molecule has 0 spiro atoms. The Kier molecular flexibility index (Phi) is 6.16. The van der Waals surface area contributed by atoms with E-state index in [1.165, 1.54) is 23.2 Å². The summed E-state index contributed by atoms with van der Waals surface area (Å²) < 4.78 is 23.2. The number of rotatable bonds is 6. The van der Waals surface area contributed by atoms with Gasteiger partial charge in [-0.1, -0.05) is 13.8 Å². The Bertz CT molecular complexity index is 746. The minimum Gasteiger partial charge on any atom is -0.351 e. The van der Waals surface area contributed by atoms with Gasteiger partial charge < -0.3 is 10.2 Å². The highest BCUT2D eigenvalue weighted by molar-refractivity contribution is 7.91. The molecule has 0 aliphatic carbocycles. The van der Waals surface area contributed by atoms with Crippen LogP contribution in [0.15, 0.2) is 18.3 Å². The second kappa shape index (κ2) is 7.95. The summed E-state index contributed by atoms with van der Waals surface area (Å²) in [5.74, 6) is -0.0440. The molecule has 1 aliphatic heterocycles. The number of hydrogen-bond donors (Lipinski definition) is 1. The van der Waals surface area contributed by atoms with Gasteiger partial charge in [-0.15, -0.1) is 0 Å². The molecule has 1 aromatic heterocycles. The van der Waals surface area contributed by atoms with E-state index in [0.717, 1.165) is 6.42 Å². The molecule has 0 aromatic carbocycles. The lowest BCUT2D eigenvalue weighted by atomic mass is 10.1. The normalized spacial score (nSPS) is 19.0. The number of nitrogens with zero attached hydrogens (tertiary/aromatic N) is 2. The molecule has 25 heavy (non-hydrogen) atoms. The fourth-order valence-corrected chi connectivity index (χ4v) is 4.48. The Morgan fingerprint density at radius 2 is 2.12 bits per heavy atom. The summed E-state index contributed by atoms with van der Waals surface area (Å²) in [7, 11) is -1.47. The monoisotopic (exact) mass is 367 g/mol. The predicted octanol–water partition coefficient (Wildman–Crippen LogP) is 1.12. The van der Waals surface area contributed by atoms with Gasteiger partial charge in [0, 0.05) is 31.4 Å². The van der Waals surface area contributed by atoms with Crippen LogP contribution < -0.4 is 5.32 Å². The van der Waals surface area contributed by atoms with Gasteiger partial charge in [-0.3, -0.25) is 14.6 Å². The smallest absolute Gasteiger partial charge is 0.269 e. The number of amides is 2. The zero-order chi connectivity index (χ0) is 18.6. The van der Waals surface area contributed by atoms with E-state index < -0.39 is 9.84 Å². The van der Waals surface area contributed by atoms with E-state index in [1.54, 1.807) is 7.05 Å². The van der Waals surface area contributed by atoms with Gasteiger partial charge in [-0.25, -0.2) is 8.42 Å². The van der Waals surface area contributed by atoms with Crippen LogP contribution in [-0.4, -0.2) is 61.3 Å². The first-order valence-corrected chi connectivity index (χ1v) is 10.2. The van der Waals surface area contributed by atoms with Crippen LogP contribution in [0.3, 0.4) is 0 Å². The zero-order valence-corrected chi connectivity index (χ0v) is 15.7. The number of nitrogens with one attached hydrogen (secondary N) is 1. The van der Waals surface area contributed by atoms with Gasteiger partial charge in [0.15, 0.2) is 9.84 Å². The summed E-state index contributed by atoms with van der Waals surface area (Å²) in [6, 6.07) is 2.66. The van der Waals surface area contributed by atoms with E-state index in [4.69, 9.17) is 0 Å². The molecule has 7 nitrogen and oxygen atoms in total. The lowest BCUT2D eigenvalue weighted by Gasteiger charge is -2.23. The Hall–Kier alpha value is -1.96. The van der Waals surface area contributed by atoms with Crippen LogP contribution in [0.1, 0.15) is 47.5 Å². The van der Waals surface area contributed by atoms with Crippen molar-refractivity contribution in [2.75, 3.05) is 25.1 Å². The van der Waals surface area contributed by atoms with Gasteiger partial charge in [0.25, 0.3) is 11.8 Å². The first-order chi connectivity index (χ1) is 11.7. The minimum atomic E-state index is -3.07. The highest BCUT2D eigenvalue weighted by Gasteiger charge is 2.33. The van der Waals surface area contributed by atoms with E-state index in [9.17, 15) is 18.0 Å². The molecule has 1 atom stereocenters. The molecule has 1 saturated heterocycles. The highest BCUT2D eigenvalue weighted by Crippen LogP contribution is 2.18. The second-order valence-corrected chi connectivity index (χ2v) is 9.07. The van der Waals surface area contributed by atoms with Crippen molar-refractivity contribution < 1.29 is 18.0 Å². The Morgan fingerprint density at radius 1 is 1.40 bits per heavy atom. The van der Waals surface area contributed by atoms with Gasteiger partial charge in [0.05, 0.1) is 11.5 Å². The Labute approximate surface area is 148 Å². The van der Waals surface area contributed by atoms with Crippen molar-refractivity contribution in [3.8, 4) is 0 Å². The summed E-state index contributed by atoms with van der Waals surface area (Å²) in [6.07, 6.45) is 2.73. The van der Waals surface area contributed by atoms with E-state index in [2.05, 4.69) is 24.1 Å². The molecule has 2 amide bonds. The largest absolute Gasteiger partial charge is 0.351 e. The number of sulfone groups is 1. The van der Waals surface area contributed by atoms with Gasteiger partial charge in [0.1, 0.15) is 5.69 Å². The van der Waals surface area contributed by atoms with Crippen molar-refractivity contribution in [1.82, 2.24) is 15.2 Å². The fourth-order valence-electron chi connectivity index (χ4n) is 2.70. The minimum absolute atomic E-state index is 0.0110. The molecule has 138 valence electrons. The lowest BCUT2D eigenvalue weighted by molar-refractivity contribution is 0.0747. The van der Waals surface area contributed by atoms with Crippen molar-refractivity contribution in [3.05, 3.63) is 29.6 Å². The molecule has 8 heteroatoms. The first kappa shape index (κ1) is 19.4. The molecule has 1 aliphatic rings. The summed E-state index contributed by atoms with van der Waals surface area (Å²) in [5.41, 5.74) is 0.512. The van der Waals surface area contributed by atoms with Crippen molar-refractivity contribution in [1.29, 1.82) is 0 Å². The maximum absolute atomic E-state index is 12.6. The third kappa shape index (κ3) is 5.26. The zero-order valence-electron chi connectivity index (χ0n) is 14.9. The predicted molar refractivity (Wildman–Crippen MR) is 95.2 cm³/mol. The van der Waals surface area contributed by atoms with E-state index in [0.29, 0.717) is 24.4 Å². The van der Waals surface area contributed by atoms with E-state index >= 15 is 0 Å². The number of carbonyl (C=O) groups excluding carboxylic acids is 2. The average molecular weight is 367 g/mol. The molecule has 2 heterocycles. The van der Waals surface area contributed by atoms with Gasteiger partial charge in [-0.2, -0.15) is 0 Å². The van der Waals surface area contributed by atoms with Crippen molar-refractivity contribution in [2.24, 2.45) is 5.92 Å². The van der Waals surface area contributed by atoms with Crippen LogP contribution in [0.2, 0.25) is 0 Å².